The summed E-state index contributed by atoms with van der Waals surface area (Å²) < 4.78 is 0. The highest BCUT2D eigenvalue weighted by Crippen LogP contribution is 2.35. The van der Waals surface area contributed by atoms with Crippen molar-refractivity contribution in [3.8, 4) is 0 Å². The van der Waals surface area contributed by atoms with Crippen molar-refractivity contribution in [1.29, 1.82) is 0 Å². The lowest BCUT2D eigenvalue weighted by Crippen LogP contribution is -2.35. The number of rotatable bonds is 8. The highest BCUT2D eigenvalue weighted by atomic mass is 35.5. The van der Waals surface area contributed by atoms with Crippen LogP contribution in [0, 0.1) is 0 Å². The number of hydrogen-bond acceptors (Lipinski definition) is 6. The maximum Gasteiger partial charge on any atom is 0.222 e. The van der Waals surface area contributed by atoms with Gasteiger partial charge in [-0.05, 0) is 38.9 Å². The smallest absolute Gasteiger partial charge is 0.222 e. The Kier molecular flexibility index (Phi) is 10.5. The molecular weight excluding hydrogens is 335 g/mol. The van der Waals surface area contributed by atoms with Crippen molar-refractivity contribution < 1.29 is 0 Å². The summed E-state index contributed by atoms with van der Waals surface area (Å²) in [6.45, 7) is 8.59. The number of anilines is 2. The summed E-state index contributed by atoms with van der Waals surface area (Å²) in [6, 6.07) is 2.33. The van der Waals surface area contributed by atoms with Gasteiger partial charge in [0.1, 0.15) is 5.82 Å². The summed E-state index contributed by atoms with van der Waals surface area (Å²) in [5.41, 5.74) is 12.7. The maximum atomic E-state index is 5.84. The molecule has 1 heterocycles. The summed E-state index contributed by atoms with van der Waals surface area (Å²) in [5.74, 6) is 1.62. The standard InChI is InChI=1S/C15H28N6.2ClH/c1-3-21(4-2)7-5-6-18-14-10-13(19-15(17)20-14)11-8-12(16)9-11;;/h10-12H,3-9,16H2,1-2H3,(H3,17,18,19,20);2*1H. The Bertz CT molecular complexity index is 450. The first-order chi connectivity index (χ1) is 10.1. The lowest BCUT2D eigenvalue weighted by molar-refractivity contribution is 0.303. The van der Waals surface area contributed by atoms with Crippen LogP contribution in [0.15, 0.2) is 6.07 Å². The van der Waals surface area contributed by atoms with Crippen LogP contribution in [0.3, 0.4) is 0 Å². The largest absolute Gasteiger partial charge is 0.370 e. The molecule has 2 rings (SSSR count). The normalized spacial score (nSPS) is 19.5. The molecule has 134 valence electrons. The van der Waals surface area contributed by atoms with Gasteiger partial charge in [0, 0.05) is 24.6 Å². The molecule has 0 amide bonds. The molecule has 23 heavy (non-hydrogen) atoms. The third kappa shape index (κ3) is 6.67. The molecular formula is C15H30Cl2N6. The molecule has 8 heteroatoms. The average Bonchev–Trinajstić information content (AvgIpc) is 2.43. The van der Waals surface area contributed by atoms with Gasteiger partial charge in [0.25, 0.3) is 0 Å². The SMILES string of the molecule is CCN(CC)CCCNc1cc(C2CC(N)C2)nc(N)n1.Cl.Cl. The number of aromatic nitrogens is 2. The second-order valence-electron chi connectivity index (χ2n) is 5.77. The van der Waals surface area contributed by atoms with Crippen LogP contribution in [0.25, 0.3) is 0 Å². The Morgan fingerprint density at radius 3 is 2.43 bits per heavy atom. The van der Waals surface area contributed by atoms with Crippen LogP contribution in [-0.2, 0) is 0 Å². The number of nitrogens with two attached hydrogens (primary N) is 2. The molecule has 1 aromatic heterocycles. The van der Waals surface area contributed by atoms with Gasteiger partial charge in [-0.1, -0.05) is 13.8 Å². The minimum atomic E-state index is 0. The fourth-order valence-electron chi connectivity index (χ4n) is 2.75. The topological polar surface area (TPSA) is 93.1 Å². The summed E-state index contributed by atoms with van der Waals surface area (Å²) >= 11 is 0. The van der Waals surface area contributed by atoms with Crippen molar-refractivity contribution in [2.75, 3.05) is 37.2 Å². The van der Waals surface area contributed by atoms with Crippen molar-refractivity contribution in [1.82, 2.24) is 14.9 Å². The van der Waals surface area contributed by atoms with Crippen molar-refractivity contribution in [2.24, 2.45) is 5.73 Å². The summed E-state index contributed by atoms with van der Waals surface area (Å²) in [4.78, 5) is 11.0. The second kappa shape index (κ2) is 10.9. The Morgan fingerprint density at radius 2 is 1.87 bits per heavy atom. The van der Waals surface area contributed by atoms with Crippen LogP contribution in [0.1, 0.15) is 44.7 Å². The predicted molar refractivity (Wildman–Crippen MR) is 102 cm³/mol. The fraction of sp³-hybridized carbons (Fsp3) is 0.733. The quantitative estimate of drug-likeness (QED) is 0.612. The van der Waals surface area contributed by atoms with Crippen molar-refractivity contribution in [3.63, 3.8) is 0 Å². The molecule has 1 aliphatic rings. The minimum Gasteiger partial charge on any atom is -0.370 e. The van der Waals surface area contributed by atoms with Gasteiger partial charge in [0.05, 0.1) is 5.69 Å². The van der Waals surface area contributed by atoms with Crippen LogP contribution in [0.2, 0.25) is 0 Å². The molecule has 0 atom stereocenters. The Labute approximate surface area is 151 Å². The maximum absolute atomic E-state index is 5.84. The Morgan fingerprint density at radius 1 is 1.22 bits per heavy atom. The summed E-state index contributed by atoms with van der Waals surface area (Å²) in [5, 5.41) is 3.35. The summed E-state index contributed by atoms with van der Waals surface area (Å²) in [7, 11) is 0. The van der Waals surface area contributed by atoms with Crippen LogP contribution in [-0.4, -0.2) is 47.1 Å². The lowest BCUT2D eigenvalue weighted by Gasteiger charge is -2.32. The van der Waals surface area contributed by atoms with E-state index in [1.807, 2.05) is 6.07 Å². The van der Waals surface area contributed by atoms with Crippen LogP contribution in [0.4, 0.5) is 11.8 Å². The molecule has 1 saturated carbocycles. The average molecular weight is 365 g/mol. The van der Waals surface area contributed by atoms with E-state index in [1.165, 1.54) is 0 Å². The van der Waals surface area contributed by atoms with Gasteiger partial charge in [-0.25, -0.2) is 4.98 Å². The third-order valence-corrected chi connectivity index (χ3v) is 4.21. The molecule has 6 nitrogen and oxygen atoms in total. The van der Waals surface area contributed by atoms with E-state index in [1.54, 1.807) is 0 Å². The van der Waals surface area contributed by atoms with Crippen LogP contribution >= 0.6 is 24.8 Å². The first-order valence-electron chi connectivity index (χ1n) is 7.98. The van der Waals surface area contributed by atoms with Crippen molar-refractivity contribution in [3.05, 3.63) is 11.8 Å². The van der Waals surface area contributed by atoms with E-state index >= 15 is 0 Å². The van der Waals surface area contributed by atoms with Gasteiger partial charge in [-0.3, -0.25) is 0 Å². The molecule has 0 bridgehead atoms. The number of halogens is 2. The van der Waals surface area contributed by atoms with E-state index in [2.05, 4.69) is 34.0 Å². The Balaban J connectivity index is 0.00000242. The number of nitrogen functional groups attached to an aromatic ring is 1. The van der Waals surface area contributed by atoms with Gasteiger partial charge in [0.15, 0.2) is 0 Å². The van der Waals surface area contributed by atoms with E-state index in [-0.39, 0.29) is 24.8 Å². The highest BCUT2D eigenvalue weighted by molar-refractivity contribution is 5.85. The highest BCUT2D eigenvalue weighted by Gasteiger charge is 2.29. The van der Waals surface area contributed by atoms with E-state index in [0.717, 1.165) is 57.0 Å². The van der Waals surface area contributed by atoms with Crippen molar-refractivity contribution in [2.45, 2.75) is 45.1 Å². The molecule has 0 spiro atoms. The molecule has 0 saturated heterocycles. The number of hydrogen-bond donors (Lipinski definition) is 3. The summed E-state index contributed by atoms with van der Waals surface area (Å²) in [6.07, 6.45) is 3.09. The molecule has 0 aromatic carbocycles. The number of nitrogens with one attached hydrogen (secondary N) is 1. The van der Waals surface area contributed by atoms with Gasteiger partial charge in [-0.2, -0.15) is 4.98 Å². The zero-order valence-electron chi connectivity index (χ0n) is 14.0. The van der Waals surface area contributed by atoms with Crippen molar-refractivity contribution >= 4 is 36.6 Å². The first-order valence-corrected chi connectivity index (χ1v) is 7.98. The first kappa shape index (κ1) is 22.2. The second-order valence-corrected chi connectivity index (χ2v) is 5.77. The van der Waals surface area contributed by atoms with E-state index in [4.69, 9.17) is 11.5 Å². The van der Waals surface area contributed by atoms with E-state index in [0.29, 0.717) is 17.9 Å². The molecule has 0 radical (unpaired) electrons. The van der Waals surface area contributed by atoms with Crippen LogP contribution < -0.4 is 16.8 Å². The zero-order valence-corrected chi connectivity index (χ0v) is 15.6. The predicted octanol–water partition coefficient (Wildman–Crippen LogP) is 2.25. The molecule has 5 N–H and O–H groups in total. The molecule has 0 unspecified atom stereocenters. The Hall–Kier alpha value is -0.820. The van der Waals surface area contributed by atoms with Gasteiger partial charge < -0.3 is 21.7 Å². The van der Waals surface area contributed by atoms with Gasteiger partial charge >= 0.3 is 0 Å². The lowest BCUT2D eigenvalue weighted by atomic mass is 9.78. The van der Waals surface area contributed by atoms with Gasteiger partial charge in [0.2, 0.25) is 5.95 Å². The zero-order chi connectivity index (χ0) is 15.2. The monoisotopic (exact) mass is 364 g/mol. The van der Waals surface area contributed by atoms with Gasteiger partial charge in [-0.15, -0.1) is 24.8 Å². The van der Waals surface area contributed by atoms with Crippen LogP contribution in [0.5, 0.6) is 0 Å². The minimum absolute atomic E-state index is 0. The molecule has 1 fully saturated rings. The third-order valence-electron chi connectivity index (χ3n) is 4.21. The number of nitrogens with zero attached hydrogens (tertiary/aromatic N) is 3. The van der Waals surface area contributed by atoms with E-state index < -0.39 is 0 Å². The molecule has 1 aliphatic carbocycles. The molecule has 1 aromatic rings. The van der Waals surface area contributed by atoms with E-state index in [9.17, 15) is 0 Å². The fourth-order valence-corrected chi connectivity index (χ4v) is 2.75. The molecule has 0 aliphatic heterocycles.